The van der Waals surface area contributed by atoms with Crippen LogP contribution in [0.25, 0.3) is 27.5 Å². The summed E-state index contributed by atoms with van der Waals surface area (Å²) in [6.07, 6.45) is 8.03. The minimum Gasteiger partial charge on any atom is -0.309 e. The fraction of sp³-hybridized carbons (Fsp3) is 0.429. The Hall–Kier alpha value is -2.80. The second-order valence-corrected chi connectivity index (χ2v) is 12.1. The second-order valence-electron chi connectivity index (χ2n) is 12.1. The number of benzene rings is 3. The number of fused-ring (bicyclic) bond motifs is 3. The maximum atomic E-state index is 2.52. The van der Waals surface area contributed by atoms with Crippen molar-refractivity contribution in [2.45, 2.75) is 98.3 Å². The van der Waals surface area contributed by atoms with Crippen molar-refractivity contribution in [3.05, 3.63) is 89.0 Å². The zero-order valence-electron chi connectivity index (χ0n) is 23.8. The van der Waals surface area contributed by atoms with E-state index in [-0.39, 0.29) is 10.8 Å². The fourth-order valence-corrected chi connectivity index (χ4v) is 5.09. The Kier molecular flexibility index (Phi) is 7.51. The summed E-state index contributed by atoms with van der Waals surface area (Å²) in [6, 6.07) is 23.5. The number of hydrogen-bond donors (Lipinski definition) is 0. The minimum absolute atomic E-state index is 0.150. The van der Waals surface area contributed by atoms with Crippen LogP contribution in [0.15, 0.2) is 72.3 Å². The molecule has 1 heteroatoms. The molecule has 190 valence electrons. The van der Waals surface area contributed by atoms with Gasteiger partial charge in [0.2, 0.25) is 0 Å². The van der Waals surface area contributed by atoms with E-state index in [4.69, 9.17) is 0 Å². The Bertz CT molecular complexity index is 1320. The van der Waals surface area contributed by atoms with Crippen LogP contribution in [0.1, 0.15) is 97.8 Å². The first-order valence-corrected chi connectivity index (χ1v) is 13.9. The van der Waals surface area contributed by atoms with E-state index in [2.05, 4.69) is 127 Å². The van der Waals surface area contributed by atoms with Crippen LogP contribution in [-0.4, -0.2) is 4.57 Å². The van der Waals surface area contributed by atoms with Gasteiger partial charge in [-0.05, 0) is 97.7 Å². The summed E-state index contributed by atoms with van der Waals surface area (Å²) >= 11 is 0. The van der Waals surface area contributed by atoms with Crippen molar-refractivity contribution in [2.24, 2.45) is 0 Å². The second kappa shape index (κ2) is 10.3. The molecule has 0 radical (unpaired) electrons. The molecule has 0 aliphatic rings. The van der Waals surface area contributed by atoms with Crippen LogP contribution >= 0.6 is 0 Å². The molecule has 0 unspecified atom stereocenters. The Morgan fingerprint density at radius 1 is 0.750 bits per heavy atom. The predicted octanol–water partition coefficient (Wildman–Crippen LogP) is 10.4. The lowest BCUT2D eigenvalue weighted by Crippen LogP contribution is -2.15. The molecular weight excluding hydrogens is 434 g/mol. The zero-order valence-corrected chi connectivity index (χ0v) is 23.8. The van der Waals surface area contributed by atoms with Crippen LogP contribution in [0.3, 0.4) is 0 Å². The van der Waals surface area contributed by atoms with E-state index in [1.54, 1.807) is 0 Å². The maximum absolute atomic E-state index is 2.52. The van der Waals surface area contributed by atoms with E-state index >= 15 is 0 Å². The number of nitrogens with zero attached hydrogens (tertiary/aromatic N) is 1. The first kappa shape index (κ1) is 26.3. The van der Waals surface area contributed by atoms with Crippen molar-refractivity contribution in [3.8, 4) is 5.69 Å². The highest BCUT2D eigenvalue weighted by Gasteiger charge is 2.23. The monoisotopic (exact) mass is 479 g/mol. The highest BCUT2D eigenvalue weighted by atomic mass is 15.0. The van der Waals surface area contributed by atoms with Crippen molar-refractivity contribution >= 4 is 21.8 Å². The van der Waals surface area contributed by atoms with Gasteiger partial charge in [0.15, 0.2) is 0 Å². The van der Waals surface area contributed by atoms with Crippen LogP contribution in [0, 0.1) is 0 Å². The Morgan fingerprint density at radius 3 is 1.81 bits per heavy atom. The molecule has 1 heterocycles. The fourth-order valence-electron chi connectivity index (χ4n) is 5.09. The van der Waals surface area contributed by atoms with Gasteiger partial charge in [-0.15, -0.1) is 0 Å². The Labute approximate surface area is 219 Å². The van der Waals surface area contributed by atoms with Crippen LogP contribution in [-0.2, 0) is 17.3 Å². The summed E-state index contributed by atoms with van der Waals surface area (Å²) in [5.41, 5.74) is 9.85. The van der Waals surface area contributed by atoms with Crippen molar-refractivity contribution in [3.63, 3.8) is 0 Å². The van der Waals surface area contributed by atoms with Gasteiger partial charge in [0.05, 0.1) is 11.0 Å². The molecule has 1 nitrogen and oxygen atoms in total. The molecule has 0 aliphatic heterocycles. The van der Waals surface area contributed by atoms with Gasteiger partial charge < -0.3 is 4.57 Å². The summed E-state index contributed by atoms with van der Waals surface area (Å²) in [5, 5.41) is 2.69. The van der Waals surface area contributed by atoms with E-state index in [1.165, 1.54) is 56.2 Å². The molecule has 0 N–H and O–H groups in total. The summed E-state index contributed by atoms with van der Waals surface area (Å²) in [6.45, 7) is 18.4. The molecule has 0 amide bonds. The van der Waals surface area contributed by atoms with E-state index in [1.807, 2.05) is 0 Å². The Morgan fingerprint density at radius 2 is 1.31 bits per heavy atom. The molecular formula is C35H45N. The molecule has 4 aromatic rings. The predicted molar refractivity (Wildman–Crippen MR) is 160 cm³/mol. The van der Waals surface area contributed by atoms with Gasteiger partial charge in [-0.3, -0.25) is 0 Å². The maximum Gasteiger partial charge on any atom is 0.0544 e. The van der Waals surface area contributed by atoms with Gasteiger partial charge >= 0.3 is 0 Å². The quantitative estimate of drug-likeness (QED) is 0.166. The number of hydrogen-bond acceptors (Lipinski definition) is 0. The van der Waals surface area contributed by atoms with Gasteiger partial charge in [-0.2, -0.15) is 0 Å². The van der Waals surface area contributed by atoms with Crippen molar-refractivity contribution in [2.75, 3.05) is 0 Å². The summed E-state index contributed by atoms with van der Waals surface area (Å²) in [7, 11) is 0. The first-order chi connectivity index (χ1) is 17.1. The molecule has 0 fully saturated rings. The minimum atomic E-state index is 0.150. The van der Waals surface area contributed by atoms with E-state index in [9.17, 15) is 0 Å². The topological polar surface area (TPSA) is 4.93 Å². The lowest BCUT2D eigenvalue weighted by Gasteiger charge is -2.24. The van der Waals surface area contributed by atoms with Gasteiger partial charge in [-0.1, -0.05) is 89.6 Å². The number of aryl methyl sites for hydroxylation is 1. The van der Waals surface area contributed by atoms with Gasteiger partial charge in [0.1, 0.15) is 0 Å². The largest absolute Gasteiger partial charge is 0.309 e. The van der Waals surface area contributed by atoms with Crippen molar-refractivity contribution in [1.82, 2.24) is 4.57 Å². The normalized spacial score (nSPS) is 12.4. The molecule has 0 saturated heterocycles. The van der Waals surface area contributed by atoms with Gasteiger partial charge in [0.25, 0.3) is 0 Å². The lowest BCUT2D eigenvalue weighted by atomic mass is 9.81. The number of aromatic nitrogens is 1. The van der Waals surface area contributed by atoms with Crippen molar-refractivity contribution < 1.29 is 0 Å². The smallest absolute Gasteiger partial charge is 0.0544 e. The van der Waals surface area contributed by atoms with Crippen LogP contribution in [0.5, 0.6) is 0 Å². The number of unbranched alkanes of at least 4 members (excludes halogenated alkanes) is 1. The van der Waals surface area contributed by atoms with Gasteiger partial charge in [0, 0.05) is 16.5 Å². The van der Waals surface area contributed by atoms with Crippen LogP contribution < -0.4 is 0 Å². The lowest BCUT2D eigenvalue weighted by molar-refractivity contribution is 0.507. The molecule has 0 spiro atoms. The standard InChI is InChI=1S/C35H45N/c1-9-34(5,6)27-18-20-30-31-21-19-28(35(7,8)10-2)24-33(31)36(32(30)23-27)29-17-13-16-26(22-29)15-12-11-14-25(3)4/h13-14,16-24H,9-12,15H2,1-8H3. The first-order valence-electron chi connectivity index (χ1n) is 13.9. The van der Waals surface area contributed by atoms with Gasteiger partial charge in [-0.25, -0.2) is 0 Å². The highest BCUT2D eigenvalue weighted by molar-refractivity contribution is 6.09. The molecule has 3 aromatic carbocycles. The third kappa shape index (κ3) is 5.17. The molecule has 0 bridgehead atoms. The van der Waals surface area contributed by atoms with E-state index in [0.29, 0.717) is 0 Å². The molecule has 1 aromatic heterocycles. The molecule has 36 heavy (non-hydrogen) atoms. The average Bonchev–Trinajstić information content (AvgIpc) is 3.19. The highest BCUT2D eigenvalue weighted by Crippen LogP contribution is 2.38. The third-order valence-corrected chi connectivity index (χ3v) is 8.49. The van der Waals surface area contributed by atoms with E-state index < -0.39 is 0 Å². The molecule has 0 aliphatic carbocycles. The average molecular weight is 480 g/mol. The summed E-state index contributed by atoms with van der Waals surface area (Å²) in [5.74, 6) is 0. The SMILES string of the molecule is CCC(C)(C)c1ccc2c3ccc(C(C)(C)CC)cc3n(-c3cccc(CCCC=C(C)C)c3)c2c1. The summed E-state index contributed by atoms with van der Waals surface area (Å²) in [4.78, 5) is 0. The Balaban J connectivity index is 1.92. The third-order valence-electron chi connectivity index (χ3n) is 8.49. The molecule has 0 saturated carbocycles. The van der Waals surface area contributed by atoms with E-state index in [0.717, 1.165) is 25.7 Å². The van der Waals surface area contributed by atoms with Crippen LogP contribution in [0.2, 0.25) is 0 Å². The zero-order chi connectivity index (χ0) is 26.1. The van der Waals surface area contributed by atoms with Crippen LogP contribution in [0.4, 0.5) is 0 Å². The molecule has 4 rings (SSSR count). The summed E-state index contributed by atoms with van der Waals surface area (Å²) < 4.78 is 2.52. The number of rotatable bonds is 9. The number of allylic oxidation sites excluding steroid dienone is 2. The molecule has 0 atom stereocenters. The van der Waals surface area contributed by atoms with Crippen molar-refractivity contribution in [1.29, 1.82) is 0 Å².